The summed E-state index contributed by atoms with van der Waals surface area (Å²) in [6.07, 6.45) is 1.82. The van der Waals surface area contributed by atoms with E-state index in [9.17, 15) is 4.79 Å². The largest absolute Gasteiger partial charge is 0.490 e. The number of carbonyl (C=O) groups excluding carboxylic acids is 1. The molecule has 7 heteroatoms. The summed E-state index contributed by atoms with van der Waals surface area (Å²) < 4.78 is 17.9. The second-order valence-electron chi connectivity index (χ2n) is 6.82. The van der Waals surface area contributed by atoms with Crippen LogP contribution in [-0.4, -0.2) is 42.0 Å². The number of carbonyl (C=O) groups is 1. The molecular formula is C23H25NO4S2. The van der Waals surface area contributed by atoms with E-state index in [2.05, 4.69) is 13.8 Å². The van der Waals surface area contributed by atoms with Gasteiger partial charge in [-0.2, -0.15) is 0 Å². The molecule has 0 radical (unpaired) electrons. The Hall–Kier alpha value is -2.51. The van der Waals surface area contributed by atoms with Crippen LogP contribution in [0.15, 0.2) is 41.3 Å². The molecule has 30 heavy (non-hydrogen) atoms. The summed E-state index contributed by atoms with van der Waals surface area (Å²) in [5, 5.41) is 0. The van der Waals surface area contributed by atoms with Gasteiger partial charge in [-0.15, -0.1) is 0 Å². The average Bonchev–Trinajstić information content (AvgIpc) is 2.96. The Morgan fingerprint density at radius 2 is 1.77 bits per heavy atom. The zero-order valence-electron chi connectivity index (χ0n) is 17.6. The Bertz CT molecular complexity index is 987. The summed E-state index contributed by atoms with van der Waals surface area (Å²) in [5.41, 5.74) is 3.29. The second-order valence-corrected chi connectivity index (χ2v) is 8.50. The van der Waals surface area contributed by atoms with Crippen LogP contribution in [0.5, 0.6) is 17.2 Å². The third-order valence-corrected chi connectivity index (χ3v) is 6.12. The number of thiocarbonyl (C=S) groups is 1. The van der Waals surface area contributed by atoms with Crippen molar-refractivity contribution in [3.63, 3.8) is 0 Å². The van der Waals surface area contributed by atoms with Crippen LogP contribution in [0.4, 0.5) is 0 Å². The molecule has 1 amide bonds. The van der Waals surface area contributed by atoms with Crippen LogP contribution < -0.4 is 14.2 Å². The minimum Gasteiger partial charge on any atom is -0.490 e. The lowest BCUT2D eigenvalue weighted by Gasteiger charge is -2.13. The van der Waals surface area contributed by atoms with E-state index in [1.54, 1.807) is 7.05 Å². The third kappa shape index (κ3) is 5.34. The fourth-order valence-electron chi connectivity index (χ4n) is 2.81. The highest BCUT2D eigenvalue weighted by Gasteiger charge is 2.28. The molecule has 2 aromatic rings. The maximum atomic E-state index is 12.2. The quantitative estimate of drug-likeness (QED) is 0.325. The van der Waals surface area contributed by atoms with Crippen molar-refractivity contribution in [1.82, 2.24) is 4.90 Å². The van der Waals surface area contributed by atoms with Gasteiger partial charge in [-0.05, 0) is 67.8 Å². The van der Waals surface area contributed by atoms with Crippen LogP contribution in [0.25, 0.3) is 6.08 Å². The first-order valence-corrected chi connectivity index (χ1v) is 10.9. The predicted molar refractivity (Wildman–Crippen MR) is 125 cm³/mol. The van der Waals surface area contributed by atoms with E-state index in [4.69, 9.17) is 26.4 Å². The lowest BCUT2D eigenvalue weighted by Crippen LogP contribution is -2.22. The average molecular weight is 444 g/mol. The molecule has 0 bridgehead atoms. The van der Waals surface area contributed by atoms with Crippen LogP contribution in [0.2, 0.25) is 0 Å². The first-order chi connectivity index (χ1) is 14.4. The summed E-state index contributed by atoms with van der Waals surface area (Å²) in [7, 11) is 1.68. The molecule has 0 saturated carbocycles. The number of thioether (sulfide) groups is 1. The van der Waals surface area contributed by atoms with Gasteiger partial charge in [0, 0.05) is 7.05 Å². The van der Waals surface area contributed by atoms with Crippen molar-refractivity contribution < 1.29 is 19.0 Å². The molecule has 1 fully saturated rings. The lowest BCUT2D eigenvalue weighted by atomic mass is 10.1. The van der Waals surface area contributed by atoms with Gasteiger partial charge in [-0.3, -0.25) is 9.69 Å². The maximum absolute atomic E-state index is 12.2. The Balaban J connectivity index is 1.64. The highest BCUT2D eigenvalue weighted by Crippen LogP contribution is 2.34. The first kappa shape index (κ1) is 22.2. The monoisotopic (exact) mass is 443 g/mol. The van der Waals surface area contributed by atoms with Crippen molar-refractivity contribution in [2.45, 2.75) is 20.8 Å². The molecule has 0 aliphatic carbocycles. The summed E-state index contributed by atoms with van der Waals surface area (Å²) in [6.45, 7) is 7.38. The molecule has 0 unspecified atom stereocenters. The standard InChI is InChI=1S/C23H25NO4S2/c1-5-26-20-13-17(14-21-22(25)24(4)23(29)30-21)7-9-19(20)28-11-10-27-18-8-6-15(2)16(3)12-18/h6-9,12-14H,5,10-11H2,1-4H3/b21-14+. The number of amides is 1. The van der Waals surface area contributed by atoms with Gasteiger partial charge in [0.1, 0.15) is 23.3 Å². The van der Waals surface area contributed by atoms with Gasteiger partial charge < -0.3 is 14.2 Å². The molecule has 5 nitrogen and oxygen atoms in total. The minimum absolute atomic E-state index is 0.0909. The second kappa shape index (κ2) is 10.00. The number of likely N-dealkylation sites (N-methyl/N-ethyl adjacent to an activating group) is 1. The molecule has 1 aliphatic heterocycles. The highest BCUT2D eigenvalue weighted by molar-refractivity contribution is 8.26. The summed E-state index contributed by atoms with van der Waals surface area (Å²) >= 11 is 6.48. The highest BCUT2D eigenvalue weighted by atomic mass is 32.2. The number of rotatable bonds is 8. The van der Waals surface area contributed by atoms with Crippen molar-refractivity contribution in [2.75, 3.05) is 26.9 Å². The number of benzene rings is 2. The van der Waals surface area contributed by atoms with Crippen molar-refractivity contribution >= 4 is 40.3 Å². The van der Waals surface area contributed by atoms with Crippen molar-refractivity contribution in [3.05, 3.63) is 58.0 Å². The van der Waals surface area contributed by atoms with E-state index >= 15 is 0 Å². The molecule has 1 aliphatic rings. The third-order valence-electron chi connectivity index (χ3n) is 4.64. The molecule has 0 atom stereocenters. The van der Waals surface area contributed by atoms with Gasteiger partial charge in [0.05, 0.1) is 11.5 Å². The molecule has 0 aromatic heterocycles. The smallest absolute Gasteiger partial charge is 0.265 e. The zero-order valence-corrected chi connectivity index (χ0v) is 19.2. The molecular weight excluding hydrogens is 418 g/mol. The number of ether oxygens (including phenoxy) is 3. The molecule has 1 heterocycles. The van der Waals surface area contributed by atoms with Crippen LogP contribution >= 0.6 is 24.0 Å². The molecule has 0 spiro atoms. The van der Waals surface area contributed by atoms with E-state index in [-0.39, 0.29) is 5.91 Å². The van der Waals surface area contributed by atoms with E-state index in [1.165, 1.54) is 27.8 Å². The van der Waals surface area contributed by atoms with Gasteiger partial charge in [0.15, 0.2) is 11.5 Å². The van der Waals surface area contributed by atoms with Crippen LogP contribution in [0, 0.1) is 13.8 Å². The molecule has 0 N–H and O–H groups in total. The van der Waals surface area contributed by atoms with Crippen molar-refractivity contribution in [1.29, 1.82) is 0 Å². The topological polar surface area (TPSA) is 48.0 Å². The van der Waals surface area contributed by atoms with E-state index in [1.807, 2.05) is 49.4 Å². The molecule has 1 saturated heterocycles. The van der Waals surface area contributed by atoms with Crippen LogP contribution in [0.1, 0.15) is 23.6 Å². The normalized spacial score (nSPS) is 15.1. The Kier molecular flexibility index (Phi) is 7.39. The number of aryl methyl sites for hydroxylation is 2. The van der Waals surface area contributed by atoms with E-state index in [0.717, 1.165) is 11.3 Å². The molecule has 2 aromatic carbocycles. The van der Waals surface area contributed by atoms with Gasteiger partial charge >= 0.3 is 0 Å². The molecule has 3 rings (SSSR count). The van der Waals surface area contributed by atoms with Crippen molar-refractivity contribution in [3.8, 4) is 17.2 Å². The Morgan fingerprint density at radius 3 is 2.43 bits per heavy atom. The van der Waals surface area contributed by atoms with Crippen molar-refractivity contribution in [2.24, 2.45) is 0 Å². The summed E-state index contributed by atoms with van der Waals surface area (Å²) in [6, 6.07) is 11.6. The number of hydrogen-bond acceptors (Lipinski definition) is 6. The fourth-order valence-corrected chi connectivity index (χ4v) is 3.99. The van der Waals surface area contributed by atoms with Crippen LogP contribution in [-0.2, 0) is 4.79 Å². The summed E-state index contributed by atoms with van der Waals surface area (Å²) in [4.78, 5) is 14.3. The maximum Gasteiger partial charge on any atom is 0.265 e. The first-order valence-electron chi connectivity index (χ1n) is 9.70. The number of hydrogen-bond donors (Lipinski definition) is 0. The SMILES string of the molecule is CCOc1cc(/C=C2/SC(=S)N(C)C2=O)ccc1OCCOc1ccc(C)c(C)c1. The Morgan fingerprint density at radius 1 is 1.00 bits per heavy atom. The van der Waals surface area contributed by atoms with Gasteiger partial charge in [-0.25, -0.2) is 0 Å². The van der Waals surface area contributed by atoms with Gasteiger partial charge in [0.25, 0.3) is 5.91 Å². The van der Waals surface area contributed by atoms with Crippen LogP contribution in [0.3, 0.4) is 0 Å². The Labute approximate surface area is 187 Å². The minimum atomic E-state index is -0.0909. The van der Waals surface area contributed by atoms with Gasteiger partial charge in [-0.1, -0.05) is 36.1 Å². The predicted octanol–water partition coefficient (Wildman–Crippen LogP) is 4.99. The fraction of sp³-hybridized carbons (Fsp3) is 0.304. The number of nitrogens with zero attached hydrogens (tertiary/aromatic N) is 1. The zero-order chi connectivity index (χ0) is 21.7. The van der Waals surface area contributed by atoms with E-state index < -0.39 is 0 Å². The van der Waals surface area contributed by atoms with Gasteiger partial charge in [0.2, 0.25) is 0 Å². The molecule has 158 valence electrons. The lowest BCUT2D eigenvalue weighted by molar-refractivity contribution is -0.121. The van der Waals surface area contributed by atoms with E-state index in [0.29, 0.717) is 40.5 Å². The summed E-state index contributed by atoms with van der Waals surface area (Å²) in [5.74, 6) is 2.01.